The van der Waals surface area contributed by atoms with Gasteiger partial charge in [0.1, 0.15) is 5.75 Å². The van der Waals surface area contributed by atoms with Crippen LogP contribution in [0, 0.1) is 0 Å². The number of amides is 1. The van der Waals surface area contributed by atoms with Gasteiger partial charge in [-0.15, -0.1) is 0 Å². The summed E-state index contributed by atoms with van der Waals surface area (Å²) in [7, 11) is -2.60. The second-order valence-electron chi connectivity index (χ2n) is 7.24. The van der Waals surface area contributed by atoms with Gasteiger partial charge in [0, 0.05) is 32.6 Å². The molecule has 1 saturated heterocycles. The van der Waals surface area contributed by atoms with Crippen molar-refractivity contribution in [3.05, 3.63) is 58.6 Å². The maximum absolute atomic E-state index is 13.1. The lowest BCUT2D eigenvalue weighted by atomic mass is 10.1. The highest BCUT2D eigenvalue weighted by molar-refractivity contribution is 7.89. The summed E-state index contributed by atoms with van der Waals surface area (Å²) in [5.41, 5.74) is -0.307. The molecule has 2 aromatic rings. The molecule has 1 aliphatic rings. The summed E-state index contributed by atoms with van der Waals surface area (Å²) in [6, 6.07) is 9.90. The summed E-state index contributed by atoms with van der Waals surface area (Å²) in [4.78, 5) is 13.6. The van der Waals surface area contributed by atoms with Gasteiger partial charge in [0.05, 0.1) is 22.6 Å². The first-order valence-corrected chi connectivity index (χ1v) is 11.6. The SMILES string of the molecule is COc1ccccc1CCC(=O)N1CCN(S(=O)(=O)c2ccc(Cl)c(C(F)(F)F)c2)CC1. The van der Waals surface area contributed by atoms with Crippen LogP contribution >= 0.6 is 11.6 Å². The molecule has 1 heterocycles. The fourth-order valence-electron chi connectivity index (χ4n) is 3.52. The van der Waals surface area contributed by atoms with E-state index in [2.05, 4.69) is 0 Å². The van der Waals surface area contributed by atoms with E-state index in [1.165, 1.54) is 0 Å². The number of carbonyl (C=O) groups excluding carboxylic acids is 1. The number of methoxy groups -OCH3 is 1. The third-order valence-corrected chi connectivity index (χ3v) is 7.50. The number of aryl methyl sites for hydroxylation is 1. The summed E-state index contributed by atoms with van der Waals surface area (Å²) in [6.07, 6.45) is -4.05. The van der Waals surface area contributed by atoms with Gasteiger partial charge in [0.15, 0.2) is 0 Å². The quantitative estimate of drug-likeness (QED) is 0.617. The molecular weight excluding hydrogens is 469 g/mol. The first kappa shape index (κ1) is 24.3. The van der Waals surface area contributed by atoms with Crippen molar-refractivity contribution in [3.63, 3.8) is 0 Å². The Morgan fingerprint density at radius 1 is 1.09 bits per heavy atom. The predicted molar refractivity (Wildman–Crippen MR) is 113 cm³/mol. The Labute approximate surface area is 189 Å². The Bertz CT molecular complexity index is 1080. The number of halogens is 4. The van der Waals surface area contributed by atoms with Crippen molar-refractivity contribution in [1.82, 2.24) is 9.21 Å². The van der Waals surface area contributed by atoms with Crippen LogP contribution in [0.4, 0.5) is 13.2 Å². The van der Waals surface area contributed by atoms with Crippen LogP contribution in [-0.4, -0.2) is 56.8 Å². The van der Waals surface area contributed by atoms with Crippen molar-refractivity contribution in [3.8, 4) is 5.75 Å². The molecule has 0 aromatic heterocycles. The maximum atomic E-state index is 13.1. The first-order chi connectivity index (χ1) is 15.0. The zero-order chi connectivity index (χ0) is 23.5. The largest absolute Gasteiger partial charge is 0.496 e. The summed E-state index contributed by atoms with van der Waals surface area (Å²) < 4.78 is 71.3. The Hall–Kier alpha value is -2.30. The number of hydrogen-bond acceptors (Lipinski definition) is 4. The molecule has 0 aliphatic carbocycles. The molecule has 0 radical (unpaired) electrons. The number of nitrogens with zero attached hydrogens (tertiary/aromatic N) is 2. The average molecular weight is 491 g/mol. The molecule has 174 valence electrons. The van der Waals surface area contributed by atoms with Crippen LogP contribution in [0.25, 0.3) is 0 Å². The monoisotopic (exact) mass is 490 g/mol. The van der Waals surface area contributed by atoms with Gasteiger partial charge >= 0.3 is 6.18 Å². The van der Waals surface area contributed by atoms with Gasteiger partial charge < -0.3 is 9.64 Å². The number of piperazine rings is 1. The summed E-state index contributed by atoms with van der Waals surface area (Å²) >= 11 is 5.58. The van der Waals surface area contributed by atoms with Gasteiger partial charge in [-0.3, -0.25) is 4.79 Å². The molecule has 2 aromatic carbocycles. The van der Waals surface area contributed by atoms with Crippen molar-refractivity contribution >= 4 is 27.5 Å². The molecule has 0 atom stereocenters. The number of hydrogen-bond donors (Lipinski definition) is 0. The molecule has 0 spiro atoms. The van der Waals surface area contributed by atoms with Crippen LogP contribution in [0.1, 0.15) is 17.5 Å². The molecule has 0 unspecified atom stereocenters. The Balaban J connectivity index is 1.63. The van der Waals surface area contributed by atoms with Crippen molar-refractivity contribution in [2.45, 2.75) is 23.9 Å². The highest BCUT2D eigenvalue weighted by atomic mass is 35.5. The van der Waals surface area contributed by atoms with E-state index in [4.69, 9.17) is 16.3 Å². The van der Waals surface area contributed by atoms with E-state index in [9.17, 15) is 26.4 Å². The Kier molecular flexibility index (Phi) is 7.36. The standard InChI is InChI=1S/C21H22ClF3N2O4S/c1-31-19-5-3-2-4-15(19)6-9-20(28)26-10-12-27(13-11-26)32(29,30)16-7-8-18(22)17(14-16)21(23,24)25/h2-5,7-8,14H,6,9-13H2,1H3. The second kappa shape index (κ2) is 9.68. The minimum atomic E-state index is -4.77. The number of para-hydroxylation sites is 1. The number of ether oxygens (including phenoxy) is 1. The molecule has 6 nitrogen and oxygen atoms in total. The van der Waals surface area contributed by atoms with E-state index in [0.29, 0.717) is 18.2 Å². The van der Waals surface area contributed by atoms with Crippen LogP contribution in [-0.2, 0) is 27.4 Å². The summed E-state index contributed by atoms with van der Waals surface area (Å²) in [6.45, 7) is 0.298. The van der Waals surface area contributed by atoms with Gasteiger partial charge in [0.2, 0.25) is 15.9 Å². The zero-order valence-corrected chi connectivity index (χ0v) is 18.8. The van der Waals surface area contributed by atoms with Crippen LogP contribution < -0.4 is 4.74 Å². The fraction of sp³-hybridized carbons (Fsp3) is 0.381. The van der Waals surface area contributed by atoms with Crippen LogP contribution in [0.2, 0.25) is 5.02 Å². The van der Waals surface area contributed by atoms with Gasteiger partial charge in [-0.05, 0) is 36.2 Å². The normalized spacial score (nSPS) is 15.6. The number of benzene rings is 2. The van der Waals surface area contributed by atoms with Gasteiger partial charge in [-0.1, -0.05) is 29.8 Å². The molecule has 11 heteroatoms. The topological polar surface area (TPSA) is 66.9 Å². The van der Waals surface area contributed by atoms with E-state index in [-0.39, 0.29) is 38.5 Å². The average Bonchev–Trinajstić information content (AvgIpc) is 2.77. The van der Waals surface area contributed by atoms with Crippen molar-refractivity contribution in [2.24, 2.45) is 0 Å². The van der Waals surface area contributed by atoms with Crippen molar-refractivity contribution < 1.29 is 31.1 Å². The highest BCUT2D eigenvalue weighted by Gasteiger charge is 2.36. The molecule has 0 N–H and O–H groups in total. The number of rotatable bonds is 6. The highest BCUT2D eigenvalue weighted by Crippen LogP contribution is 2.36. The zero-order valence-electron chi connectivity index (χ0n) is 17.2. The van der Waals surface area contributed by atoms with E-state index < -0.39 is 31.7 Å². The third kappa shape index (κ3) is 5.36. The lowest BCUT2D eigenvalue weighted by molar-refractivity contribution is -0.137. The van der Waals surface area contributed by atoms with E-state index in [0.717, 1.165) is 22.0 Å². The summed E-state index contributed by atoms with van der Waals surface area (Å²) in [5.74, 6) is 0.566. The van der Waals surface area contributed by atoms with Gasteiger partial charge in [-0.25, -0.2) is 8.42 Å². The Morgan fingerprint density at radius 2 is 1.75 bits per heavy atom. The van der Waals surface area contributed by atoms with Crippen LogP contribution in [0.5, 0.6) is 5.75 Å². The minimum absolute atomic E-state index is 0.00723. The van der Waals surface area contributed by atoms with E-state index in [1.807, 2.05) is 24.3 Å². The number of alkyl halides is 3. The van der Waals surface area contributed by atoms with Crippen LogP contribution in [0.15, 0.2) is 47.4 Å². The lowest BCUT2D eigenvalue weighted by Gasteiger charge is -2.34. The van der Waals surface area contributed by atoms with Crippen molar-refractivity contribution in [2.75, 3.05) is 33.3 Å². The molecule has 1 aliphatic heterocycles. The second-order valence-corrected chi connectivity index (χ2v) is 9.58. The first-order valence-electron chi connectivity index (χ1n) is 9.80. The van der Waals surface area contributed by atoms with E-state index in [1.54, 1.807) is 12.0 Å². The van der Waals surface area contributed by atoms with Gasteiger partial charge in [0.25, 0.3) is 0 Å². The van der Waals surface area contributed by atoms with Crippen LogP contribution in [0.3, 0.4) is 0 Å². The van der Waals surface area contributed by atoms with Gasteiger partial charge in [-0.2, -0.15) is 17.5 Å². The molecule has 1 amide bonds. The van der Waals surface area contributed by atoms with E-state index >= 15 is 0 Å². The molecule has 1 fully saturated rings. The lowest BCUT2D eigenvalue weighted by Crippen LogP contribution is -2.50. The molecule has 3 rings (SSSR count). The van der Waals surface area contributed by atoms with Crippen molar-refractivity contribution in [1.29, 1.82) is 0 Å². The molecule has 0 bridgehead atoms. The number of sulfonamides is 1. The molecule has 32 heavy (non-hydrogen) atoms. The predicted octanol–water partition coefficient (Wildman–Crippen LogP) is 3.83. The third-order valence-electron chi connectivity index (χ3n) is 5.27. The molecular formula is C21H22ClF3N2O4S. The maximum Gasteiger partial charge on any atom is 0.417 e. The summed E-state index contributed by atoms with van der Waals surface area (Å²) in [5, 5.41) is -0.568. The Morgan fingerprint density at radius 3 is 2.38 bits per heavy atom. The minimum Gasteiger partial charge on any atom is -0.496 e. The smallest absolute Gasteiger partial charge is 0.417 e. The fourth-order valence-corrected chi connectivity index (χ4v) is 5.19. The molecule has 0 saturated carbocycles. The number of carbonyl (C=O) groups is 1.